The Morgan fingerprint density at radius 3 is 2.39 bits per heavy atom. The van der Waals surface area contributed by atoms with E-state index in [4.69, 9.17) is 16.6 Å². The largest absolute Gasteiger partial charge is 0.459 e. The van der Waals surface area contributed by atoms with Crippen molar-refractivity contribution in [3.8, 4) is 11.3 Å². The highest BCUT2D eigenvalue weighted by Crippen LogP contribution is 2.43. The van der Waals surface area contributed by atoms with E-state index in [1.807, 2.05) is 68.7 Å². The van der Waals surface area contributed by atoms with Gasteiger partial charge in [-0.2, -0.15) is 0 Å². The predicted octanol–water partition coefficient (Wildman–Crippen LogP) is 6.35. The summed E-state index contributed by atoms with van der Waals surface area (Å²) < 4.78 is 7.45. The third-order valence-corrected chi connectivity index (χ3v) is 6.63. The van der Waals surface area contributed by atoms with Crippen LogP contribution in [0.4, 0.5) is 11.4 Å². The van der Waals surface area contributed by atoms with Crippen LogP contribution in [-0.4, -0.2) is 24.2 Å². The van der Waals surface area contributed by atoms with Gasteiger partial charge in [0.25, 0.3) is 0 Å². The monoisotopic (exact) mass is 518 g/mol. The molecule has 1 fully saturated rings. The van der Waals surface area contributed by atoms with Gasteiger partial charge in [-0.05, 0) is 72.9 Å². The number of nitrogens with zero attached hydrogens (tertiary/aromatic N) is 3. The van der Waals surface area contributed by atoms with Crippen LogP contribution in [-0.2, 0) is 0 Å². The molecule has 1 N–H and O–H groups in total. The fourth-order valence-electron chi connectivity index (χ4n) is 4.11. The molecule has 3 heterocycles. The van der Waals surface area contributed by atoms with Gasteiger partial charge in [0.2, 0.25) is 0 Å². The van der Waals surface area contributed by atoms with Crippen LogP contribution in [0.15, 0.2) is 93.9 Å². The molecule has 0 amide bonds. The van der Waals surface area contributed by atoms with E-state index in [0.29, 0.717) is 5.11 Å². The summed E-state index contributed by atoms with van der Waals surface area (Å²) in [7, 11) is 4.06. The number of rotatable bonds is 5. The number of nitrogens with one attached hydrogen (secondary N) is 1. The lowest BCUT2D eigenvalue weighted by Crippen LogP contribution is -2.29. The number of thiocarbonyl (C=S) groups is 1. The minimum Gasteiger partial charge on any atom is -0.459 e. The van der Waals surface area contributed by atoms with Crippen LogP contribution in [0.5, 0.6) is 0 Å². The van der Waals surface area contributed by atoms with Crippen LogP contribution in [0.3, 0.4) is 0 Å². The van der Waals surface area contributed by atoms with Gasteiger partial charge in [-0.15, -0.1) is 0 Å². The van der Waals surface area contributed by atoms with E-state index in [1.165, 1.54) is 0 Å². The number of halogens is 1. The molecular weight excluding hydrogens is 496 g/mol. The van der Waals surface area contributed by atoms with Crippen LogP contribution in [0, 0.1) is 0 Å². The molecule has 5 nitrogen and oxygen atoms in total. The fourth-order valence-corrected chi connectivity index (χ4v) is 4.72. The molecule has 1 aliphatic heterocycles. The van der Waals surface area contributed by atoms with Gasteiger partial charge in [0.15, 0.2) is 5.11 Å². The van der Waals surface area contributed by atoms with Crippen molar-refractivity contribution in [2.24, 2.45) is 0 Å². The van der Waals surface area contributed by atoms with Gasteiger partial charge in [0, 0.05) is 41.7 Å². The molecule has 0 bridgehead atoms. The molecule has 0 saturated carbocycles. The number of hydrogen-bond acceptors (Lipinski definition) is 4. The van der Waals surface area contributed by atoms with E-state index in [1.54, 1.807) is 6.20 Å². The molecule has 0 radical (unpaired) electrons. The predicted molar refractivity (Wildman–Crippen MR) is 141 cm³/mol. The molecule has 0 unspecified atom stereocenters. The topological polar surface area (TPSA) is 44.5 Å². The van der Waals surface area contributed by atoms with Crippen LogP contribution < -0.4 is 15.1 Å². The van der Waals surface area contributed by atoms with Crippen molar-refractivity contribution in [2.45, 2.75) is 12.1 Å². The van der Waals surface area contributed by atoms with Gasteiger partial charge in [-0.25, -0.2) is 0 Å². The third kappa shape index (κ3) is 4.26. The highest BCUT2D eigenvalue weighted by atomic mass is 79.9. The molecule has 166 valence electrons. The molecule has 0 aliphatic carbocycles. The van der Waals surface area contributed by atoms with Crippen LogP contribution in [0.25, 0.3) is 11.3 Å². The molecule has 1 aliphatic rings. The SMILES string of the molecule is CN(C)c1ccc(N2C(=S)N[C@@H](c3ccccn3)[C@@H]2c2ccc(-c3ccc(Br)cc3)o2)cc1. The number of pyridine rings is 1. The maximum absolute atomic E-state index is 6.41. The smallest absolute Gasteiger partial charge is 0.174 e. The summed E-state index contributed by atoms with van der Waals surface area (Å²) in [6.07, 6.45) is 1.81. The molecule has 1 saturated heterocycles. The molecule has 2 aromatic heterocycles. The molecule has 5 rings (SSSR count). The Bertz CT molecular complexity index is 1260. The first-order chi connectivity index (χ1) is 16.0. The Kier molecular flexibility index (Phi) is 5.91. The Labute approximate surface area is 207 Å². The summed E-state index contributed by atoms with van der Waals surface area (Å²) in [5, 5.41) is 4.13. The van der Waals surface area contributed by atoms with Gasteiger partial charge >= 0.3 is 0 Å². The Balaban J connectivity index is 1.57. The first-order valence-corrected chi connectivity index (χ1v) is 11.8. The maximum atomic E-state index is 6.41. The quantitative estimate of drug-likeness (QED) is 0.310. The van der Waals surface area contributed by atoms with Crippen LogP contribution >= 0.6 is 28.1 Å². The van der Waals surface area contributed by atoms with E-state index in [2.05, 4.69) is 60.3 Å². The lowest BCUT2D eigenvalue weighted by atomic mass is 10.0. The molecule has 0 spiro atoms. The average molecular weight is 519 g/mol. The Morgan fingerprint density at radius 1 is 0.970 bits per heavy atom. The summed E-state index contributed by atoms with van der Waals surface area (Å²) in [6.45, 7) is 0. The Morgan fingerprint density at radius 2 is 1.73 bits per heavy atom. The first kappa shape index (κ1) is 21.7. The average Bonchev–Trinajstić information content (AvgIpc) is 3.45. The van der Waals surface area contributed by atoms with E-state index in [-0.39, 0.29) is 12.1 Å². The number of benzene rings is 2. The summed E-state index contributed by atoms with van der Waals surface area (Å²) in [6, 6.07) is 26.1. The van der Waals surface area contributed by atoms with Crippen molar-refractivity contribution >= 4 is 44.6 Å². The number of furan rings is 1. The minimum atomic E-state index is -0.179. The van der Waals surface area contributed by atoms with E-state index in [0.717, 1.165) is 38.6 Å². The van der Waals surface area contributed by atoms with Crippen LogP contribution in [0.1, 0.15) is 23.5 Å². The van der Waals surface area contributed by atoms with Gasteiger partial charge < -0.3 is 19.5 Å². The first-order valence-electron chi connectivity index (χ1n) is 10.6. The third-order valence-electron chi connectivity index (χ3n) is 5.79. The highest BCUT2D eigenvalue weighted by Gasteiger charge is 2.42. The van der Waals surface area contributed by atoms with E-state index in [9.17, 15) is 0 Å². The van der Waals surface area contributed by atoms with Crippen molar-refractivity contribution in [1.82, 2.24) is 10.3 Å². The van der Waals surface area contributed by atoms with E-state index < -0.39 is 0 Å². The molecule has 7 heteroatoms. The van der Waals surface area contributed by atoms with Gasteiger partial charge in [0.1, 0.15) is 17.6 Å². The standard InChI is InChI=1S/C26H23BrN4OS/c1-30(2)19-10-12-20(13-11-19)31-25(24(29-26(31)33)21-5-3-4-16-28-21)23-15-14-22(32-23)17-6-8-18(27)9-7-17/h3-16,24-25H,1-2H3,(H,29,33)/t24-,25-/m0/s1. The van der Waals surface area contributed by atoms with E-state index >= 15 is 0 Å². The fraction of sp³-hybridized carbons (Fsp3) is 0.154. The lowest BCUT2D eigenvalue weighted by Gasteiger charge is -2.26. The summed E-state index contributed by atoms with van der Waals surface area (Å²) in [5.41, 5.74) is 4.07. The number of anilines is 2. The van der Waals surface area contributed by atoms with Crippen molar-refractivity contribution in [3.05, 3.63) is 101 Å². The van der Waals surface area contributed by atoms with Gasteiger partial charge in [0.05, 0.1) is 11.7 Å². The van der Waals surface area contributed by atoms with Crippen molar-refractivity contribution in [3.63, 3.8) is 0 Å². The normalized spacial score (nSPS) is 17.8. The van der Waals surface area contributed by atoms with Crippen LogP contribution in [0.2, 0.25) is 0 Å². The zero-order chi connectivity index (χ0) is 22.9. The van der Waals surface area contributed by atoms with Crippen molar-refractivity contribution < 1.29 is 4.42 Å². The highest BCUT2D eigenvalue weighted by molar-refractivity contribution is 9.10. The second-order valence-corrected chi connectivity index (χ2v) is 9.42. The molecule has 4 aromatic rings. The summed E-state index contributed by atoms with van der Waals surface area (Å²) in [4.78, 5) is 8.81. The zero-order valence-electron chi connectivity index (χ0n) is 18.3. The van der Waals surface area contributed by atoms with Crippen molar-refractivity contribution in [1.29, 1.82) is 0 Å². The molecule has 2 aromatic carbocycles. The minimum absolute atomic E-state index is 0.142. The lowest BCUT2D eigenvalue weighted by molar-refractivity contribution is 0.439. The molecule has 33 heavy (non-hydrogen) atoms. The maximum Gasteiger partial charge on any atom is 0.174 e. The Hall–Kier alpha value is -3.16. The summed E-state index contributed by atoms with van der Waals surface area (Å²) >= 11 is 9.30. The number of aromatic nitrogens is 1. The second-order valence-electron chi connectivity index (χ2n) is 8.12. The number of hydrogen-bond donors (Lipinski definition) is 1. The molecular formula is C26H23BrN4OS. The zero-order valence-corrected chi connectivity index (χ0v) is 20.7. The molecule has 2 atom stereocenters. The van der Waals surface area contributed by atoms with Gasteiger partial charge in [-0.1, -0.05) is 34.1 Å². The van der Waals surface area contributed by atoms with Gasteiger partial charge in [-0.3, -0.25) is 4.98 Å². The van der Waals surface area contributed by atoms with Crippen molar-refractivity contribution in [2.75, 3.05) is 23.9 Å². The second kappa shape index (κ2) is 9.00. The summed E-state index contributed by atoms with van der Waals surface area (Å²) in [5.74, 6) is 1.64.